The molecule has 76 valence electrons. The second kappa shape index (κ2) is 2.94. The Morgan fingerprint density at radius 2 is 1.69 bits per heavy atom. The summed E-state index contributed by atoms with van der Waals surface area (Å²) in [6.07, 6.45) is 0.0409. The van der Waals surface area contributed by atoms with E-state index in [1.54, 1.807) is 0 Å². The van der Waals surface area contributed by atoms with E-state index in [0.29, 0.717) is 5.41 Å². The fourth-order valence-electron chi connectivity index (χ4n) is 2.53. The highest BCUT2D eigenvalue weighted by Crippen LogP contribution is 2.32. The van der Waals surface area contributed by atoms with E-state index >= 15 is 0 Å². The van der Waals surface area contributed by atoms with Gasteiger partial charge in [-0.25, -0.2) is 0 Å². The summed E-state index contributed by atoms with van der Waals surface area (Å²) in [5.74, 6) is 0. The Labute approximate surface area is 80.2 Å². The van der Waals surface area contributed by atoms with E-state index in [1.807, 2.05) is 0 Å². The number of rotatable bonds is 1. The van der Waals surface area contributed by atoms with Crippen molar-refractivity contribution in [1.82, 2.24) is 0 Å². The van der Waals surface area contributed by atoms with Crippen molar-refractivity contribution >= 4 is 0 Å². The highest BCUT2D eigenvalue weighted by atomic mass is 16.7. The summed E-state index contributed by atoms with van der Waals surface area (Å²) in [7, 11) is 0. The first-order valence-corrected chi connectivity index (χ1v) is 5.11. The minimum absolute atomic E-state index is 0.0409. The lowest BCUT2D eigenvalue weighted by Gasteiger charge is -2.36. The van der Waals surface area contributed by atoms with Crippen LogP contribution in [0.5, 0.6) is 0 Å². The molecule has 2 rings (SSSR count). The van der Waals surface area contributed by atoms with Gasteiger partial charge in [-0.2, -0.15) is 0 Å². The Morgan fingerprint density at radius 3 is 2.15 bits per heavy atom. The zero-order valence-electron chi connectivity index (χ0n) is 8.88. The van der Waals surface area contributed by atoms with Crippen molar-refractivity contribution in [3.8, 4) is 0 Å². The maximum Gasteiger partial charge on any atom is 0.309 e. The molecule has 0 aliphatic carbocycles. The fraction of sp³-hybridized carbons (Fsp3) is 1.00. The predicted molar refractivity (Wildman–Crippen MR) is 50.0 cm³/mol. The van der Waals surface area contributed by atoms with Crippen LogP contribution in [-0.4, -0.2) is 43.7 Å². The van der Waals surface area contributed by atoms with Gasteiger partial charge in [0.05, 0.1) is 6.54 Å². The molecule has 0 amide bonds. The van der Waals surface area contributed by atoms with Gasteiger partial charge < -0.3 is 0 Å². The van der Waals surface area contributed by atoms with Crippen LogP contribution in [0.25, 0.3) is 0 Å². The van der Waals surface area contributed by atoms with Crippen molar-refractivity contribution in [3.05, 3.63) is 0 Å². The van der Waals surface area contributed by atoms with E-state index in [0.717, 1.165) is 37.3 Å². The van der Waals surface area contributed by atoms with Crippen LogP contribution in [0.4, 0.5) is 0 Å². The van der Waals surface area contributed by atoms with Crippen LogP contribution in [0.1, 0.15) is 20.8 Å². The van der Waals surface area contributed by atoms with Crippen LogP contribution < -0.4 is 0 Å². The molecule has 0 N–H and O–H groups in total. The molecule has 0 aromatic carbocycles. The molecule has 0 saturated carbocycles. The molecule has 0 radical (unpaired) electrons. The Hall–Kier alpha value is -0.120. The van der Waals surface area contributed by atoms with Crippen molar-refractivity contribution in [2.24, 2.45) is 5.41 Å². The zero-order chi connectivity index (χ0) is 9.53. The lowest BCUT2D eigenvalue weighted by Crippen LogP contribution is -2.52. The summed E-state index contributed by atoms with van der Waals surface area (Å²) < 4.78 is 12.2. The molecule has 0 unspecified atom stereocenters. The normalized spacial score (nSPS) is 39.5. The number of hydrogen-bond acceptors (Lipinski definition) is 2. The number of quaternary nitrogens is 1. The van der Waals surface area contributed by atoms with Gasteiger partial charge in [0.25, 0.3) is 0 Å². The van der Waals surface area contributed by atoms with Crippen LogP contribution in [0.2, 0.25) is 0 Å². The van der Waals surface area contributed by atoms with Gasteiger partial charge in [0.2, 0.25) is 0 Å². The average Bonchev–Trinajstić information content (AvgIpc) is 2.40. The SMILES string of the molecule is CC(C)(C)C[N+]12CCOC1OCC2. The quantitative estimate of drug-likeness (QED) is 0.573. The number of fused-ring (bicyclic) bond motifs is 1. The first-order chi connectivity index (χ1) is 6.02. The third kappa shape index (κ3) is 1.73. The van der Waals surface area contributed by atoms with E-state index in [4.69, 9.17) is 9.47 Å². The molecule has 2 aliphatic heterocycles. The zero-order valence-corrected chi connectivity index (χ0v) is 8.88. The second-order valence-electron chi connectivity index (χ2n) is 5.43. The largest absolute Gasteiger partial charge is 0.309 e. The van der Waals surface area contributed by atoms with Gasteiger partial charge >= 0.3 is 6.41 Å². The van der Waals surface area contributed by atoms with Crippen LogP contribution in [-0.2, 0) is 9.47 Å². The van der Waals surface area contributed by atoms with Gasteiger partial charge in [0, 0.05) is 5.41 Å². The lowest BCUT2D eigenvalue weighted by molar-refractivity contribution is -0.955. The number of nitrogens with zero attached hydrogens (tertiary/aromatic N) is 1. The maximum atomic E-state index is 5.58. The molecule has 13 heavy (non-hydrogen) atoms. The van der Waals surface area contributed by atoms with Gasteiger partial charge in [-0.1, -0.05) is 20.8 Å². The molecule has 3 heteroatoms. The van der Waals surface area contributed by atoms with E-state index in [2.05, 4.69) is 20.8 Å². The summed E-state index contributed by atoms with van der Waals surface area (Å²) >= 11 is 0. The van der Waals surface area contributed by atoms with E-state index in [-0.39, 0.29) is 6.41 Å². The van der Waals surface area contributed by atoms with Crippen LogP contribution >= 0.6 is 0 Å². The highest BCUT2D eigenvalue weighted by molar-refractivity contribution is 4.66. The molecular formula is C10H20NO2+. The maximum absolute atomic E-state index is 5.58. The van der Waals surface area contributed by atoms with Gasteiger partial charge in [-0.15, -0.1) is 0 Å². The summed E-state index contributed by atoms with van der Waals surface area (Å²) in [6.45, 7) is 12.0. The van der Waals surface area contributed by atoms with Crippen molar-refractivity contribution in [2.45, 2.75) is 27.2 Å². The summed E-state index contributed by atoms with van der Waals surface area (Å²) in [4.78, 5) is 0. The van der Waals surface area contributed by atoms with Crippen molar-refractivity contribution in [3.63, 3.8) is 0 Å². The van der Waals surface area contributed by atoms with Gasteiger partial charge in [0.15, 0.2) is 0 Å². The molecular weight excluding hydrogens is 166 g/mol. The summed E-state index contributed by atoms with van der Waals surface area (Å²) in [6, 6.07) is 0. The first-order valence-electron chi connectivity index (χ1n) is 5.11. The smallest absolute Gasteiger partial charge is 0.300 e. The summed E-state index contributed by atoms with van der Waals surface area (Å²) in [5.41, 5.74) is 0.361. The Morgan fingerprint density at radius 1 is 1.15 bits per heavy atom. The highest BCUT2D eigenvalue weighted by Gasteiger charge is 2.50. The first kappa shape index (κ1) is 9.44. The van der Waals surface area contributed by atoms with E-state index in [9.17, 15) is 0 Å². The predicted octanol–water partition coefficient (Wildman–Crippen LogP) is 1.19. The monoisotopic (exact) mass is 186 g/mol. The topological polar surface area (TPSA) is 18.5 Å². The van der Waals surface area contributed by atoms with Crippen LogP contribution in [0.15, 0.2) is 0 Å². The van der Waals surface area contributed by atoms with Crippen molar-refractivity contribution < 1.29 is 14.0 Å². The molecule has 3 nitrogen and oxygen atoms in total. The summed E-state index contributed by atoms with van der Waals surface area (Å²) in [5, 5.41) is 0. The van der Waals surface area contributed by atoms with Crippen molar-refractivity contribution in [1.29, 1.82) is 0 Å². The Kier molecular flexibility index (Phi) is 2.13. The molecule has 2 saturated heterocycles. The molecule has 2 aliphatic rings. The van der Waals surface area contributed by atoms with E-state index in [1.165, 1.54) is 0 Å². The third-order valence-electron chi connectivity index (χ3n) is 2.83. The molecule has 0 bridgehead atoms. The van der Waals surface area contributed by atoms with E-state index < -0.39 is 0 Å². The minimum Gasteiger partial charge on any atom is -0.300 e. The molecule has 0 spiro atoms. The van der Waals surface area contributed by atoms with Gasteiger partial charge in [0.1, 0.15) is 26.3 Å². The number of hydrogen-bond donors (Lipinski definition) is 0. The minimum atomic E-state index is 0.0409. The standard InChI is InChI=1S/C10H20NO2/c1-10(2,3)8-11-4-6-12-9(11)13-7-5-11/h9H,4-8H2,1-3H3/q+1. The Balaban J connectivity index is 2.09. The Bertz CT molecular complexity index is 188. The molecule has 2 fully saturated rings. The average molecular weight is 186 g/mol. The van der Waals surface area contributed by atoms with Crippen LogP contribution in [0, 0.1) is 5.41 Å². The second-order valence-corrected chi connectivity index (χ2v) is 5.43. The lowest BCUT2D eigenvalue weighted by atomic mass is 9.95. The van der Waals surface area contributed by atoms with Crippen LogP contribution in [0.3, 0.4) is 0 Å². The van der Waals surface area contributed by atoms with Crippen molar-refractivity contribution in [2.75, 3.05) is 32.8 Å². The third-order valence-corrected chi connectivity index (χ3v) is 2.83. The molecule has 0 atom stereocenters. The van der Waals surface area contributed by atoms with Gasteiger partial charge in [-0.3, -0.25) is 14.0 Å². The number of ether oxygens (including phenoxy) is 2. The fourth-order valence-corrected chi connectivity index (χ4v) is 2.53. The van der Waals surface area contributed by atoms with Gasteiger partial charge in [-0.05, 0) is 0 Å². The molecule has 0 aromatic rings. The molecule has 0 aromatic heterocycles. The molecule has 2 heterocycles.